The van der Waals surface area contributed by atoms with Gasteiger partial charge in [0.1, 0.15) is 11.4 Å². The molecule has 0 saturated carbocycles. The molecule has 32 heavy (non-hydrogen) atoms. The number of benzene rings is 2. The van der Waals surface area contributed by atoms with Gasteiger partial charge in [-0.05, 0) is 43.7 Å². The second-order valence-corrected chi connectivity index (χ2v) is 7.98. The van der Waals surface area contributed by atoms with Crippen molar-refractivity contribution in [3.63, 3.8) is 0 Å². The highest BCUT2D eigenvalue weighted by Gasteiger charge is 2.43. The maximum absolute atomic E-state index is 14.7. The van der Waals surface area contributed by atoms with Gasteiger partial charge in [0.2, 0.25) is 0 Å². The van der Waals surface area contributed by atoms with Crippen molar-refractivity contribution in [2.75, 3.05) is 32.8 Å². The van der Waals surface area contributed by atoms with Gasteiger partial charge in [0.15, 0.2) is 17.4 Å². The minimum atomic E-state index is -0.745. The number of hydrogen-bond acceptors (Lipinski definition) is 5. The van der Waals surface area contributed by atoms with Crippen LogP contribution in [0.5, 0.6) is 11.5 Å². The fourth-order valence-corrected chi connectivity index (χ4v) is 4.42. The van der Waals surface area contributed by atoms with E-state index in [1.807, 2.05) is 35.2 Å². The smallest absolute Gasteiger partial charge is 0.320 e. The van der Waals surface area contributed by atoms with E-state index < -0.39 is 17.2 Å². The van der Waals surface area contributed by atoms with Gasteiger partial charge in [0.25, 0.3) is 0 Å². The molecule has 2 aliphatic rings. The largest absolute Gasteiger partial charge is 0.488 e. The number of piperidine rings is 1. The molecule has 1 spiro atoms. The fourth-order valence-electron chi connectivity index (χ4n) is 4.42. The molecule has 0 aliphatic carbocycles. The predicted octanol–water partition coefficient (Wildman–Crippen LogP) is 4.69. The van der Waals surface area contributed by atoms with Crippen molar-refractivity contribution in [1.29, 1.82) is 0 Å². The molecule has 4 rings (SSSR count). The van der Waals surface area contributed by atoms with Crippen LogP contribution in [0.1, 0.15) is 37.8 Å². The molecule has 2 heterocycles. The standard InChI is InChI=1S/C25H27F2NO4/c1-3-30-23(29)16-28-11-9-25(10-12-28)19(13-17-7-5-6-8-22(17)32-25)18-14-20(26)24(31-4-2)21(27)15-18/h5-8,13-15H,3-4,9-12,16H2,1-2H3. The van der Waals surface area contributed by atoms with E-state index >= 15 is 0 Å². The molecule has 170 valence electrons. The SMILES string of the molecule is CCOC(=O)CN1CCC2(CC1)Oc1ccccc1C=C2c1cc(F)c(OCC)c(F)c1. The molecule has 0 aromatic heterocycles. The Kier molecular flexibility index (Phi) is 6.46. The Hall–Kier alpha value is -2.93. The first-order valence-corrected chi connectivity index (χ1v) is 11.0. The number of carbonyl (C=O) groups excluding carboxylic acids is 1. The Morgan fingerprint density at radius 2 is 1.78 bits per heavy atom. The molecule has 0 unspecified atom stereocenters. The van der Waals surface area contributed by atoms with Crippen molar-refractivity contribution >= 4 is 17.6 Å². The number of hydrogen-bond donors (Lipinski definition) is 0. The summed E-state index contributed by atoms with van der Waals surface area (Å²) in [7, 11) is 0. The molecule has 2 aromatic carbocycles. The number of fused-ring (bicyclic) bond motifs is 1. The molecule has 0 amide bonds. The molecule has 0 N–H and O–H groups in total. The van der Waals surface area contributed by atoms with Gasteiger partial charge in [0.05, 0.1) is 19.8 Å². The Labute approximate surface area is 186 Å². The normalized spacial score (nSPS) is 17.3. The Balaban J connectivity index is 1.68. The minimum absolute atomic E-state index is 0.173. The zero-order chi connectivity index (χ0) is 22.7. The molecule has 2 aliphatic heterocycles. The molecule has 0 bridgehead atoms. The summed E-state index contributed by atoms with van der Waals surface area (Å²) in [6.07, 6.45) is 3.10. The number of halogens is 2. The molecule has 1 fully saturated rings. The first kappa shape index (κ1) is 22.3. The number of ether oxygens (including phenoxy) is 3. The monoisotopic (exact) mass is 443 g/mol. The van der Waals surface area contributed by atoms with Crippen LogP contribution in [-0.2, 0) is 9.53 Å². The lowest BCUT2D eigenvalue weighted by Crippen LogP contribution is -2.50. The lowest BCUT2D eigenvalue weighted by molar-refractivity contribution is -0.145. The molecular formula is C25H27F2NO4. The molecule has 0 radical (unpaired) electrons. The first-order valence-electron chi connectivity index (χ1n) is 11.0. The maximum Gasteiger partial charge on any atom is 0.320 e. The van der Waals surface area contributed by atoms with Crippen LogP contribution >= 0.6 is 0 Å². The van der Waals surface area contributed by atoms with Crippen LogP contribution in [0.4, 0.5) is 8.78 Å². The highest BCUT2D eigenvalue weighted by atomic mass is 19.1. The zero-order valence-corrected chi connectivity index (χ0v) is 18.3. The number of likely N-dealkylation sites (tertiary alicyclic amines) is 1. The van der Waals surface area contributed by atoms with Crippen LogP contribution in [0.25, 0.3) is 11.6 Å². The summed E-state index contributed by atoms with van der Waals surface area (Å²) in [6.45, 7) is 5.39. The predicted molar refractivity (Wildman–Crippen MR) is 118 cm³/mol. The van der Waals surface area contributed by atoms with Crippen LogP contribution < -0.4 is 9.47 Å². The number of esters is 1. The lowest BCUT2D eigenvalue weighted by Gasteiger charge is -2.45. The van der Waals surface area contributed by atoms with E-state index in [4.69, 9.17) is 14.2 Å². The maximum atomic E-state index is 14.7. The summed E-state index contributed by atoms with van der Waals surface area (Å²) in [6, 6.07) is 10.2. The summed E-state index contributed by atoms with van der Waals surface area (Å²) in [5.74, 6) is -1.37. The lowest BCUT2D eigenvalue weighted by atomic mass is 9.77. The summed E-state index contributed by atoms with van der Waals surface area (Å²) in [5.41, 5.74) is 1.27. The van der Waals surface area contributed by atoms with Crippen LogP contribution in [-0.4, -0.2) is 49.3 Å². The molecule has 1 saturated heterocycles. The van der Waals surface area contributed by atoms with Gasteiger partial charge in [-0.15, -0.1) is 0 Å². The summed E-state index contributed by atoms with van der Waals surface area (Å²) in [5, 5.41) is 0. The van der Waals surface area contributed by atoms with E-state index in [1.165, 1.54) is 12.1 Å². The van der Waals surface area contributed by atoms with Crippen LogP contribution in [0.15, 0.2) is 36.4 Å². The number of para-hydroxylation sites is 1. The fraction of sp³-hybridized carbons (Fsp3) is 0.400. The second-order valence-electron chi connectivity index (χ2n) is 7.98. The topological polar surface area (TPSA) is 48.0 Å². The summed E-state index contributed by atoms with van der Waals surface area (Å²) < 4.78 is 46.1. The second kappa shape index (κ2) is 9.28. The van der Waals surface area contributed by atoms with E-state index in [0.717, 1.165) is 16.9 Å². The molecular weight excluding hydrogens is 416 g/mol. The van der Waals surface area contributed by atoms with E-state index in [9.17, 15) is 13.6 Å². The van der Waals surface area contributed by atoms with Crippen molar-refractivity contribution < 1.29 is 27.8 Å². The average molecular weight is 443 g/mol. The van der Waals surface area contributed by atoms with Gasteiger partial charge >= 0.3 is 5.97 Å². The number of carbonyl (C=O) groups is 1. The van der Waals surface area contributed by atoms with Crippen molar-refractivity contribution in [2.24, 2.45) is 0 Å². The summed E-state index contributed by atoms with van der Waals surface area (Å²) >= 11 is 0. The minimum Gasteiger partial charge on any atom is -0.488 e. The van der Waals surface area contributed by atoms with Crippen LogP contribution in [0.3, 0.4) is 0 Å². The molecule has 7 heteroatoms. The van der Waals surface area contributed by atoms with Crippen molar-refractivity contribution in [3.8, 4) is 11.5 Å². The molecule has 2 aromatic rings. The molecule has 5 nitrogen and oxygen atoms in total. The van der Waals surface area contributed by atoms with Crippen molar-refractivity contribution in [2.45, 2.75) is 32.3 Å². The van der Waals surface area contributed by atoms with Gasteiger partial charge in [0, 0.05) is 37.1 Å². The van der Waals surface area contributed by atoms with Gasteiger partial charge in [-0.2, -0.15) is 0 Å². The van der Waals surface area contributed by atoms with E-state index in [1.54, 1.807) is 13.8 Å². The average Bonchev–Trinajstić information content (AvgIpc) is 2.77. The van der Waals surface area contributed by atoms with E-state index in [0.29, 0.717) is 38.1 Å². The Morgan fingerprint density at radius 3 is 2.44 bits per heavy atom. The van der Waals surface area contributed by atoms with Crippen molar-refractivity contribution in [3.05, 3.63) is 59.2 Å². The zero-order valence-electron chi connectivity index (χ0n) is 18.3. The first-order chi connectivity index (χ1) is 15.5. The third-order valence-corrected chi connectivity index (χ3v) is 5.93. The highest BCUT2D eigenvalue weighted by Crippen LogP contribution is 2.46. The number of nitrogens with zero attached hydrogens (tertiary/aromatic N) is 1. The van der Waals surface area contributed by atoms with Gasteiger partial charge in [-0.3, -0.25) is 9.69 Å². The van der Waals surface area contributed by atoms with Gasteiger partial charge in [-0.1, -0.05) is 18.2 Å². The molecule has 0 atom stereocenters. The van der Waals surface area contributed by atoms with Gasteiger partial charge in [-0.25, -0.2) is 8.78 Å². The van der Waals surface area contributed by atoms with Crippen LogP contribution in [0, 0.1) is 11.6 Å². The Bertz CT molecular complexity index is 1010. The van der Waals surface area contributed by atoms with E-state index in [2.05, 4.69) is 0 Å². The third-order valence-electron chi connectivity index (χ3n) is 5.93. The van der Waals surface area contributed by atoms with Gasteiger partial charge < -0.3 is 14.2 Å². The van der Waals surface area contributed by atoms with Crippen molar-refractivity contribution in [1.82, 2.24) is 4.90 Å². The highest BCUT2D eigenvalue weighted by molar-refractivity contribution is 5.90. The van der Waals surface area contributed by atoms with E-state index in [-0.39, 0.29) is 24.9 Å². The summed E-state index contributed by atoms with van der Waals surface area (Å²) in [4.78, 5) is 13.9. The number of rotatable bonds is 6. The quantitative estimate of drug-likeness (QED) is 0.606. The van der Waals surface area contributed by atoms with Crippen LogP contribution in [0.2, 0.25) is 0 Å². The Morgan fingerprint density at radius 1 is 1.09 bits per heavy atom. The third kappa shape index (κ3) is 4.35.